The largest absolute Gasteiger partial charge is 0.465 e. The Labute approximate surface area is 169 Å². The maximum atomic E-state index is 13.8. The zero-order valence-corrected chi connectivity index (χ0v) is 17.2. The minimum absolute atomic E-state index is 0.182. The summed E-state index contributed by atoms with van der Waals surface area (Å²) in [4.78, 5) is 36.3. The van der Waals surface area contributed by atoms with Gasteiger partial charge in [-0.3, -0.25) is 4.79 Å². The molecule has 0 aliphatic heterocycles. The van der Waals surface area contributed by atoms with Gasteiger partial charge in [-0.2, -0.15) is 0 Å². The molecule has 29 heavy (non-hydrogen) atoms. The second-order valence-corrected chi connectivity index (χ2v) is 8.58. The predicted octanol–water partition coefficient (Wildman–Crippen LogP) is 1.73. The summed E-state index contributed by atoms with van der Waals surface area (Å²) in [7, 11) is -2.96. The number of primary sulfonamides is 1. The summed E-state index contributed by atoms with van der Waals surface area (Å²) in [6.07, 6.45) is 0. The van der Waals surface area contributed by atoms with E-state index in [1.54, 1.807) is 13.8 Å². The molecule has 3 N–H and O–H groups in total. The lowest BCUT2D eigenvalue weighted by Gasteiger charge is -2.08. The van der Waals surface area contributed by atoms with E-state index in [2.05, 4.69) is 5.32 Å². The predicted molar refractivity (Wildman–Crippen MR) is 102 cm³/mol. The Balaban J connectivity index is 2.12. The van der Waals surface area contributed by atoms with Gasteiger partial charge in [0.1, 0.15) is 10.8 Å². The number of benzene rings is 1. The van der Waals surface area contributed by atoms with Crippen molar-refractivity contribution < 1.29 is 36.7 Å². The van der Waals surface area contributed by atoms with Gasteiger partial charge in [-0.15, -0.1) is 11.3 Å². The van der Waals surface area contributed by atoms with Gasteiger partial charge >= 0.3 is 11.9 Å². The number of aryl methyl sites for hydroxylation is 1. The Morgan fingerprint density at radius 3 is 2.45 bits per heavy atom. The average Bonchev–Trinajstić information content (AvgIpc) is 2.92. The molecule has 0 bridgehead atoms. The first-order valence-electron chi connectivity index (χ1n) is 7.93. The first kappa shape index (κ1) is 22.5. The van der Waals surface area contributed by atoms with Crippen LogP contribution in [0.3, 0.4) is 0 Å². The van der Waals surface area contributed by atoms with Gasteiger partial charge in [-0.1, -0.05) is 0 Å². The van der Waals surface area contributed by atoms with Crippen molar-refractivity contribution in [1.29, 1.82) is 0 Å². The van der Waals surface area contributed by atoms with Crippen LogP contribution in [0.25, 0.3) is 0 Å². The third kappa shape index (κ3) is 5.16. The summed E-state index contributed by atoms with van der Waals surface area (Å²) in [5, 5.41) is 7.60. The van der Waals surface area contributed by atoms with Crippen molar-refractivity contribution in [3.63, 3.8) is 0 Å². The molecule has 0 aliphatic carbocycles. The fourth-order valence-electron chi connectivity index (χ4n) is 2.27. The maximum Gasteiger partial charge on any atom is 0.341 e. The SMILES string of the molecule is COC(=O)c1c(NC(=O)COC(=O)c2cc(S(N)(=O)=O)ccc2F)sc(C)c1C. The van der Waals surface area contributed by atoms with Crippen LogP contribution >= 0.6 is 11.3 Å². The molecule has 1 heterocycles. The van der Waals surface area contributed by atoms with Crippen molar-refractivity contribution >= 4 is 44.2 Å². The summed E-state index contributed by atoms with van der Waals surface area (Å²) in [6.45, 7) is 2.65. The molecule has 0 fully saturated rings. The number of carbonyl (C=O) groups is 3. The van der Waals surface area contributed by atoms with Crippen LogP contribution < -0.4 is 10.5 Å². The molecule has 0 spiro atoms. The van der Waals surface area contributed by atoms with Gasteiger partial charge in [0.15, 0.2) is 6.61 Å². The fourth-order valence-corrected chi connectivity index (χ4v) is 3.88. The van der Waals surface area contributed by atoms with Gasteiger partial charge in [0, 0.05) is 4.88 Å². The van der Waals surface area contributed by atoms with Crippen molar-refractivity contribution in [1.82, 2.24) is 0 Å². The summed E-state index contributed by atoms with van der Waals surface area (Å²) in [5.41, 5.74) is 0.125. The summed E-state index contributed by atoms with van der Waals surface area (Å²) < 4.78 is 45.9. The molecular formula is C17H17FN2O7S2. The van der Waals surface area contributed by atoms with Gasteiger partial charge in [0.05, 0.1) is 23.1 Å². The number of amides is 1. The molecule has 2 aromatic rings. The van der Waals surface area contributed by atoms with Crippen molar-refractivity contribution in [2.45, 2.75) is 18.7 Å². The van der Waals surface area contributed by atoms with Crippen molar-refractivity contribution in [3.8, 4) is 0 Å². The van der Waals surface area contributed by atoms with E-state index in [-0.39, 0.29) is 10.6 Å². The molecule has 9 nitrogen and oxygen atoms in total. The summed E-state index contributed by atoms with van der Waals surface area (Å²) in [6, 6.07) is 2.35. The van der Waals surface area contributed by atoms with Gasteiger partial charge < -0.3 is 14.8 Å². The quantitative estimate of drug-likeness (QED) is 0.646. The minimum Gasteiger partial charge on any atom is -0.465 e. The molecule has 0 saturated carbocycles. The number of methoxy groups -OCH3 is 1. The molecule has 0 atom stereocenters. The van der Waals surface area contributed by atoms with Gasteiger partial charge in [0.2, 0.25) is 10.0 Å². The lowest BCUT2D eigenvalue weighted by atomic mass is 10.1. The second-order valence-electron chi connectivity index (χ2n) is 5.79. The number of hydrogen-bond acceptors (Lipinski definition) is 8. The molecule has 156 valence electrons. The lowest BCUT2D eigenvalue weighted by molar-refractivity contribution is -0.119. The third-order valence-corrected chi connectivity index (χ3v) is 5.88. The normalized spacial score (nSPS) is 11.1. The molecular weight excluding hydrogens is 427 g/mol. The van der Waals surface area contributed by atoms with Crippen molar-refractivity contribution in [2.24, 2.45) is 5.14 Å². The zero-order chi connectivity index (χ0) is 21.9. The first-order valence-corrected chi connectivity index (χ1v) is 10.3. The van der Waals surface area contributed by atoms with E-state index in [1.165, 1.54) is 7.11 Å². The van der Waals surface area contributed by atoms with Crippen LogP contribution in [-0.4, -0.2) is 40.0 Å². The Kier molecular flexibility index (Phi) is 6.72. The van der Waals surface area contributed by atoms with E-state index in [4.69, 9.17) is 14.6 Å². The molecule has 0 saturated heterocycles. The number of hydrogen-bond donors (Lipinski definition) is 2. The Bertz CT molecular complexity index is 1090. The molecule has 0 unspecified atom stereocenters. The van der Waals surface area contributed by atoms with E-state index in [0.717, 1.165) is 28.3 Å². The average molecular weight is 444 g/mol. The van der Waals surface area contributed by atoms with Crippen LogP contribution in [-0.2, 0) is 24.3 Å². The van der Waals surface area contributed by atoms with Gasteiger partial charge in [0.25, 0.3) is 5.91 Å². The number of nitrogens with two attached hydrogens (primary N) is 1. The van der Waals surface area contributed by atoms with Crippen LogP contribution in [0.4, 0.5) is 9.39 Å². The molecule has 1 aromatic heterocycles. The highest BCUT2D eigenvalue weighted by Crippen LogP contribution is 2.32. The van der Waals surface area contributed by atoms with Crippen LogP contribution in [0.1, 0.15) is 31.2 Å². The van der Waals surface area contributed by atoms with Gasteiger partial charge in [-0.25, -0.2) is 27.5 Å². The van der Waals surface area contributed by atoms with Crippen LogP contribution in [0.5, 0.6) is 0 Å². The van der Waals surface area contributed by atoms with Crippen LogP contribution in [0, 0.1) is 19.7 Å². The summed E-state index contributed by atoms with van der Waals surface area (Å²) >= 11 is 1.14. The van der Waals surface area contributed by atoms with E-state index < -0.39 is 50.8 Å². The number of rotatable bonds is 6. The number of nitrogens with one attached hydrogen (secondary N) is 1. The molecule has 1 aromatic carbocycles. The van der Waals surface area contributed by atoms with Crippen molar-refractivity contribution in [2.75, 3.05) is 19.0 Å². The summed E-state index contributed by atoms with van der Waals surface area (Å²) in [5.74, 6) is -3.72. The Morgan fingerprint density at radius 1 is 1.21 bits per heavy atom. The van der Waals surface area contributed by atoms with E-state index >= 15 is 0 Å². The van der Waals surface area contributed by atoms with Crippen LogP contribution in [0.15, 0.2) is 23.1 Å². The molecule has 0 aliphatic rings. The number of anilines is 1. The maximum absolute atomic E-state index is 13.8. The molecule has 0 radical (unpaired) electrons. The number of esters is 2. The minimum atomic E-state index is -4.16. The smallest absolute Gasteiger partial charge is 0.341 e. The number of halogens is 1. The Hall–Kier alpha value is -2.83. The molecule has 1 amide bonds. The highest BCUT2D eigenvalue weighted by molar-refractivity contribution is 7.89. The Morgan fingerprint density at radius 2 is 1.86 bits per heavy atom. The third-order valence-electron chi connectivity index (χ3n) is 3.85. The second kappa shape index (κ2) is 8.68. The fraction of sp³-hybridized carbons (Fsp3) is 0.235. The number of sulfonamides is 1. The lowest BCUT2D eigenvalue weighted by Crippen LogP contribution is -2.22. The monoisotopic (exact) mass is 444 g/mol. The van der Waals surface area contributed by atoms with Gasteiger partial charge in [-0.05, 0) is 37.6 Å². The zero-order valence-electron chi connectivity index (χ0n) is 15.6. The first-order chi connectivity index (χ1) is 13.5. The molecule has 2 rings (SSSR count). The molecule has 12 heteroatoms. The number of thiophene rings is 1. The topological polar surface area (TPSA) is 142 Å². The van der Waals surface area contributed by atoms with E-state index in [1.807, 2.05) is 0 Å². The van der Waals surface area contributed by atoms with Crippen LogP contribution in [0.2, 0.25) is 0 Å². The van der Waals surface area contributed by atoms with E-state index in [0.29, 0.717) is 11.6 Å². The standard InChI is InChI=1S/C17H17FN2O7S2/c1-8-9(2)28-15(14(8)17(23)26-3)20-13(21)7-27-16(22)11-6-10(29(19,24)25)4-5-12(11)18/h4-6H,7H2,1-3H3,(H,20,21)(H2,19,24,25). The van der Waals surface area contributed by atoms with Crippen molar-refractivity contribution in [3.05, 3.63) is 45.6 Å². The van der Waals surface area contributed by atoms with E-state index in [9.17, 15) is 27.2 Å². The number of carbonyl (C=O) groups excluding carboxylic acids is 3. The highest BCUT2D eigenvalue weighted by Gasteiger charge is 2.23. The highest BCUT2D eigenvalue weighted by atomic mass is 32.2. The number of ether oxygens (including phenoxy) is 2.